The summed E-state index contributed by atoms with van der Waals surface area (Å²) in [4.78, 5) is 23.6. The van der Waals surface area contributed by atoms with Crippen molar-refractivity contribution in [3.8, 4) is 0 Å². The smallest absolute Gasteiger partial charge is 0.420 e. The fraction of sp³-hybridized carbons (Fsp3) is 0.176. The molecule has 5 heteroatoms. The van der Waals surface area contributed by atoms with Gasteiger partial charge >= 0.3 is 11.7 Å². The number of hydrogen-bond acceptors (Lipinski definition) is 4. The van der Waals surface area contributed by atoms with Crippen LogP contribution in [0.1, 0.15) is 21.5 Å². The summed E-state index contributed by atoms with van der Waals surface area (Å²) in [6.45, 7) is 2.42. The Kier molecular flexibility index (Phi) is 3.55. The lowest BCUT2D eigenvalue weighted by atomic mass is 10.1. The van der Waals surface area contributed by atoms with E-state index < -0.39 is 11.7 Å². The first-order valence-corrected chi connectivity index (χ1v) is 6.86. The molecule has 1 heterocycles. The minimum Gasteiger partial charge on any atom is -0.465 e. The number of benzene rings is 2. The molecule has 0 amide bonds. The summed E-state index contributed by atoms with van der Waals surface area (Å²) in [5.74, 6) is -0.906. The van der Waals surface area contributed by atoms with E-state index in [0.717, 1.165) is 11.1 Å². The van der Waals surface area contributed by atoms with Crippen molar-refractivity contribution in [3.63, 3.8) is 0 Å². The van der Waals surface area contributed by atoms with Crippen LogP contribution >= 0.6 is 0 Å². The van der Waals surface area contributed by atoms with Gasteiger partial charge in [-0.2, -0.15) is 0 Å². The van der Waals surface area contributed by atoms with E-state index in [9.17, 15) is 9.59 Å². The highest BCUT2D eigenvalue weighted by atomic mass is 16.5. The third-order valence-electron chi connectivity index (χ3n) is 3.68. The highest BCUT2D eigenvalue weighted by Gasteiger charge is 2.13. The largest absolute Gasteiger partial charge is 0.465 e. The highest BCUT2D eigenvalue weighted by molar-refractivity contribution is 5.93. The van der Waals surface area contributed by atoms with Crippen LogP contribution in [0.5, 0.6) is 0 Å². The first-order valence-electron chi connectivity index (χ1n) is 6.86. The Hall–Kier alpha value is -2.82. The quantitative estimate of drug-likeness (QED) is 0.697. The summed E-state index contributed by atoms with van der Waals surface area (Å²) in [6.07, 6.45) is 0. The van der Waals surface area contributed by atoms with Gasteiger partial charge in [0.2, 0.25) is 0 Å². The first kappa shape index (κ1) is 14.1. The van der Waals surface area contributed by atoms with E-state index in [4.69, 9.17) is 4.42 Å². The molecule has 0 saturated carbocycles. The van der Waals surface area contributed by atoms with Crippen molar-refractivity contribution >= 4 is 17.1 Å². The zero-order valence-electron chi connectivity index (χ0n) is 12.3. The van der Waals surface area contributed by atoms with Crippen LogP contribution in [0.4, 0.5) is 0 Å². The summed E-state index contributed by atoms with van der Waals surface area (Å²) >= 11 is 0. The number of rotatable bonds is 3. The van der Waals surface area contributed by atoms with Gasteiger partial charge in [-0.15, -0.1) is 0 Å². The number of carbonyl (C=O) groups excluding carboxylic acids is 1. The van der Waals surface area contributed by atoms with E-state index in [1.807, 2.05) is 31.2 Å². The van der Waals surface area contributed by atoms with Crippen LogP contribution in [0.3, 0.4) is 0 Å². The fourth-order valence-electron chi connectivity index (χ4n) is 2.42. The van der Waals surface area contributed by atoms with Gasteiger partial charge in [-0.05, 0) is 36.2 Å². The van der Waals surface area contributed by atoms with Gasteiger partial charge in [-0.1, -0.05) is 24.3 Å². The molecule has 22 heavy (non-hydrogen) atoms. The number of methoxy groups -OCH3 is 1. The van der Waals surface area contributed by atoms with Crippen LogP contribution in [0.2, 0.25) is 0 Å². The maximum atomic E-state index is 12.1. The summed E-state index contributed by atoms with van der Waals surface area (Å²) < 4.78 is 11.5. The average Bonchev–Trinajstić information content (AvgIpc) is 2.83. The lowest BCUT2D eigenvalue weighted by molar-refractivity contribution is 0.0601. The number of fused-ring (bicyclic) bond motifs is 1. The van der Waals surface area contributed by atoms with Gasteiger partial charge in [-0.25, -0.2) is 9.59 Å². The van der Waals surface area contributed by atoms with E-state index >= 15 is 0 Å². The van der Waals surface area contributed by atoms with Gasteiger partial charge in [0, 0.05) is 0 Å². The van der Waals surface area contributed by atoms with Crippen LogP contribution in [0.25, 0.3) is 11.1 Å². The van der Waals surface area contributed by atoms with Crippen LogP contribution in [-0.2, 0) is 11.3 Å². The number of carbonyl (C=O) groups is 1. The second-order valence-electron chi connectivity index (χ2n) is 5.05. The maximum absolute atomic E-state index is 12.1. The molecule has 0 aliphatic heterocycles. The van der Waals surface area contributed by atoms with Crippen molar-refractivity contribution in [2.45, 2.75) is 13.5 Å². The van der Waals surface area contributed by atoms with Gasteiger partial charge in [-0.3, -0.25) is 4.57 Å². The van der Waals surface area contributed by atoms with Crippen molar-refractivity contribution in [1.82, 2.24) is 4.57 Å². The summed E-state index contributed by atoms with van der Waals surface area (Å²) in [5.41, 5.74) is 3.54. The first-order chi connectivity index (χ1) is 10.6. The van der Waals surface area contributed by atoms with E-state index in [-0.39, 0.29) is 0 Å². The number of aryl methyl sites for hydroxylation is 1. The molecule has 0 atom stereocenters. The third kappa shape index (κ3) is 2.41. The topological polar surface area (TPSA) is 61.4 Å². The van der Waals surface area contributed by atoms with Crippen LogP contribution in [-0.4, -0.2) is 17.6 Å². The average molecular weight is 297 g/mol. The molecule has 2 aromatic carbocycles. The number of aromatic nitrogens is 1. The molecule has 0 unspecified atom stereocenters. The maximum Gasteiger partial charge on any atom is 0.420 e. The van der Waals surface area contributed by atoms with Gasteiger partial charge in [0.1, 0.15) is 0 Å². The van der Waals surface area contributed by atoms with E-state index in [0.29, 0.717) is 23.2 Å². The Morgan fingerprint density at radius 2 is 2.00 bits per heavy atom. The molecule has 0 aliphatic carbocycles. The van der Waals surface area contributed by atoms with Crippen LogP contribution in [0, 0.1) is 6.92 Å². The number of nitrogens with zero attached hydrogens (tertiary/aromatic N) is 1. The number of ether oxygens (including phenoxy) is 1. The fourth-order valence-corrected chi connectivity index (χ4v) is 2.42. The minimum atomic E-state index is -0.462. The Morgan fingerprint density at radius 3 is 2.73 bits per heavy atom. The van der Waals surface area contributed by atoms with Gasteiger partial charge in [0.05, 0.1) is 24.7 Å². The lowest BCUT2D eigenvalue weighted by Crippen LogP contribution is -2.15. The predicted molar refractivity (Wildman–Crippen MR) is 82.1 cm³/mol. The molecule has 3 aromatic rings. The summed E-state index contributed by atoms with van der Waals surface area (Å²) in [6, 6.07) is 12.7. The predicted octanol–water partition coefficient (Wildman–Crippen LogP) is 2.74. The second-order valence-corrected chi connectivity index (χ2v) is 5.05. The zero-order chi connectivity index (χ0) is 15.7. The van der Waals surface area contributed by atoms with Crippen LogP contribution in [0.15, 0.2) is 51.7 Å². The van der Waals surface area contributed by atoms with Gasteiger partial charge in [0.15, 0.2) is 5.58 Å². The SMILES string of the molecule is COC(=O)c1ccc2c(c1)oc(=O)n2Cc1ccccc1C. The molecule has 5 nitrogen and oxygen atoms in total. The zero-order valence-corrected chi connectivity index (χ0v) is 12.3. The number of oxazole rings is 1. The Bertz CT molecular complexity index is 904. The van der Waals surface area contributed by atoms with Crippen molar-refractivity contribution in [2.75, 3.05) is 7.11 Å². The molecule has 0 aliphatic rings. The Labute approximate surface area is 126 Å². The molecule has 0 spiro atoms. The lowest BCUT2D eigenvalue weighted by Gasteiger charge is -2.06. The second kappa shape index (κ2) is 5.52. The summed E-state index contributed by atoms with van der Waals surface area (Å²) in [7, 11) is 1.31. The molecular formula is C17H15NO4. The van der Waals surface area contributed by atoms with E-state index in [1.54, 1.807) is 16.7 Å². The van der Waals surface area contributed by atoms with Crippen molar-refractivity contribution in [1.29, 1.82) is 0 Å². The Balaban J connectivity index is 2.07. The van der Waals surface area contributed by atoms with Gasteiger partial charge in [0.25, 0.3) is 0 Å². The summed E-state index contributed by atoms with van der Waals surface area (Å²) in [5, 5.41) is 0. The van der Waals surface area contributed by atoms with E-state index in [1.165, 1.54) is 13.2 Å². The minimum absolute atomic E-state index is 0.354. The molecular weight excluding hydrogens is 282 g/mol. The number of esters is 1. The van der Waals surface area contributed by atoms with Crippen molar-refractivity contribution < 1.29 is 13.9 Å². The van der Waals surface area contributed by atoms with Crippen molar-refractivity contribution in [3.05, 3.63) is 69.7 Å². The normalized spacial score (nSPS) is 10.8. The molecule has 112 valence electrons. The standard InChI is InChI=1S/C17H15NO4/c1-11-5-3-4-6-13(11)10-18-14-8-7-12(16(19)21-2)9-15(14)22-17(18)20/h3-9H,10H2,1-2H3. The monoisotopic (exact) mass is 297 g/mol. The molecule has 3 rings (SSSR count). The van der Waals surface area contributed by atoms with Gasteiger partial charge < -0.3 is 9.15 Å². The molecule has 0 fully saturated rings. The number of hydrogen-bond donors (Lipinski definition) is 0. The Morgan fingerprint density at radius 1 is 1.23 bits per heavy atom. The highest BCUT2D eigenvalue weighted by Crippen LogP contribution is 2.18. The van der Waals surface area contributed by atoms with Crippen LogP contribution < -0.4 is 5.76 Å². The van der Waals surface area contributed by atoms with E-state index in [2.05, 4.69) is 4.74 Å². The van der Waals surface area contributed by atoms with Crippen molar-refractivity contribution in [2.24, 2.45) is 0 Å². The molecule has 0 bridgehead atoms. The third-order valence-corrected chi connectivity index (χ3v) is 3.68. The molecule has 0 saturated heterocycles. The molecule has 0 N–H and O–H groups in total. The molecule has 0 radical (unpaired) electrons. The molecule has 1 aromatic heterocycles.